The van der Waals surface area contributed by atoms with Crippen molar-refractivity contribution < 1.29 is 14.3 Å². The van der Waals surface area contributed by atoms with Crippen LogP contribution in [-0.4, -0.2) is 17.1 Å². The van der Waals surface area contributed by atoms with Crippen molar-refractivity contribution in [2.45, 2.75) is 39.2 Å². The van der Waals surface area contributed by atoms with Crippen molar-refractivity contribution in [3.05, 3.63) is 29.6 Å². The van der Waals surface area contributed by atoms with Crippen molar-refractivity contribution in [3.63, 3.8) is 0 Å². The molecule has 17 heavy (non-hydrogen) atoms. The first kappa shape index (κ1) is 13.5. The van der Waals surface area contributed by atoms with Gasteiger partial charge in [0.25, 0.3) is 0 Å². The van der Waals surface area contributed by atoms with E-state index in [4.69, 9.17) is 5.11 Å². The van der Waals surface area contributed by atoms with E-state index < -0.39 is 11.8 Å². The topological polar surface area (TPSA) is 49.3 Å². The monoisotopic (exact) mass is 239 g/mol. The average Bonchev–Trinajstić information content (AvgIpc) is 2.28. The van der Waals surface area contributed by atoms with Gasteiger partial charge in [-0.15, -0.1) is 0 Å². The van der Waals surface area contributed by atoms with E-state index in [2.05, 4.69) is 12.2 Å². The molecule has 1 aromatic rings. The molecule has 2 N–H and O–H groups in total. The normalized spacial score (nSPS) is 12.2. The maximum absolute atomic E-state index is 13.4. The summed E-state index contributed by atoms with van der Waals surface area (Å²) in [5.74, 6) is -1.94. The van der Waals surface area contributed by atoms with Gasteiger partial charge in [-0.1, -0.05) is 26.3 Å². The lowest BCUT2D eigenvalue weighted by atomic mass is 10.1. The Morgan fingerprint density at radius 2 is 2.18 bits per heavy atom. The minimum atomic E-state index is -1.24. The van der Waals surface area contributed by atoms with Gasteiger partial charge in [0.15, 0.2) is 0 Å². The van der Waals surface area contributed by atoms with E-state index in [1.54, 1.807) is 6.07 Å². The van der Waals surface area contributed by atoms with Crippen molar-refractivity contribution >= 4 is 11.7 Å². The third-order valence-corrected chi connectivity index (χ3v) is 2.72. The van der Waals surface area contributed by atoms with Crippen molar-refractivity contribution in [1.29, 1.82) is 0 Å². The molecule has 0 amide bonds. The zero-order valence-corrected chi connectivity index (χ0v) is 10.2. The highest BCUT2D eigenvalue weighted by Crippen LogP contribution is 2.21. The summed E-state index contributed by atoms with van der Waals surface area (Å²) in [5, 5.41) is 12.1. The highest BCUT2D eigenvalue weighted by atomic mass is 19.1. The molecule has 0 aliphatic carbocycles. The lowest BCUT2D eigenvalue weighted by Crippen LogP contribution is -2.20. The molecule has 1 unspecified atom stereocenters. The van der Waals surface area contributed by atoms with Gasteiger partial charge in [-0.2, -0.15) is 0 Å². The van der Waals surface area contributed by atoms with E-state index in [1.807, 2.05) is 6.92 Å². The number of rotatable bonds is 6. The number of hydrogen-bond acceptors (Lipinski definition) is 2. The molecule has 1 rings (SSSR count). The van der Waals surface area contributed by atoms with Crippen LogP contribution in [0.25, 0.3) is 0 Å². The third-order valence-electron chi connectivity index (χ3n) is 2.72. The Bertz CT molecular complexity index is 393. The van der Waals surface area contributed by atoms with Crippen LogP contribution in [0.3, 0.4) is 0 Å². The van der Waals surface area contributed by atoms with Crippen LogP contribution >= 0.6 is 0 Å². The second kappa shape index (κ2) is 6.23. The number of benzene rings is 1. The van der Waals surface area contributed by atoms with Crippen LogP contribution in [0.15, 0.2) is 18.2 Å². The fourth-order valence-electron chi connectivity index (χ4n) is 1.81. The maximum Gasteiger partial charge on any atom is 0.340 e. The van der Waals surface area contributed by atoms with Crippen LogP contribution in [0.1, 0.15) is 43.5 Å². The number of carboxylic acid groups (broad SMARTS) is 1. The molecule has 3 nitrogen and oxygen atoms in total. The summed E-state index contributed by atoms with van der Waals surface area (Å²) in [7, 11) is 0. The van der Waals surface area contributed by atoms with Gasteiger partial charge in [-0.25, -0.2) is 9.18 Å². The SMILES string of the molecule is CCCC(CC)Nc1cccc(F)c1C(=O)O. The van der Waals surface area contributed by atoms with E-state index in [1.165, 1.54) is 6.07 Å². The summed E-state index contributed by atoms with van der Waals surface area (Å²) in [6.07, 6.45) is 2.82. The number of anilines is 1. The molecule has 1 atom stereocenters. The molecule has 0 bridgehead atoms. The Kier molecular flexibility index (Phi) is 4.94. The second-order valence-electron chi connectivity index (χ2n) is 4.01. The van der Waals surface area contributed by atoms with E-state index in [0.717, 1.165) is 25.3 Å². The van der Waals surface area contributed by atoms with E-state index in [0.29, 0.717) is 5.69 Å². The number of halogens is 1. The van der Waals surface area contributed by atoms with Crippen LogP contribution < -0.4 is 5.32 Å². The lowest BCUT2D eigenvalue weighted by Gasteiger charge is -2.19. The molecule has 0 aliphatic rings. The Hall–Kier alpha value is -1.58. The molecule has 0 radical (unpaired) electrons. The van der Waals surface area contributed by atoms with Crippen LogP contribution in [0.2, 0.25) is 0 Å². The minimum Gasteiger partial charge on any atom is -0.478 e. The van der Waals surface area contributed by atoms with Crippen molar-refractivity contribution in [2.24, 2.45) is 0 Å². The predicted octanol–water partition coefficient (Wildman–Crippen LogP) is 3.51. The second-order valence-corrected chi connectivity index (χ2v) is 4.01. The molecule has 0 saturated heterocycles. The zero-order valence-electron chi connectivity index (χ0n) is 10.2. The Labute approximate surface area is 101 Å². The average molecular weight is 239 g/mol. The van der Waals surface area contributed by atoms with Gasteiger partial charge in [0.05, 0.1) is 5.69 Å². The first-order valence-electron chi connectivity index (χ1n) is 5.88. The van der Waals surface area contributed by atoms with Crippen LogP contribution in [0.5, 0.6) is 0 Å². The molecule has 94 valence electrons. The summed E-state index contributed by atoms with van der Waals surface area (Å²) in [6, 6.07) is 4.46. The van der Waals surface area contributed by atoms with Gasteiger partial charge >= 0.3 is 5.97 Å². The van der Waals surface area contributed by atoms with Crippen molar-refractivity contribution in [3.8, 4) is 0 Å². The molecule has 4 heteroatoms. The maximum atomic E-state index is 13.4. The molecule has 0 saturated carbocycles. The van der Waals surface area contributed by atoms with E-state index >= 15 is 0 Å². The number of carbonyl (C=O) groups is 1. The Morgan fingerprint density at radius 1 is 1.47 bits per heavy atom. The number of nitrogens with one attached hydrogen (secondary N) is 1. The largest absolute Gasteiger partial charge is 0.478 e. The van der Waals surface area contributed by atoms with Gasteiger partial charge in [0, 0.05) is 6.04 Å². The summed E-state index contributed by atoms with van der Waals surface area (Å²) < 4.78 is 13.4. The van der Waals surface area contributed by atoms with Gasteiger partial charge in [0.1, 0.15) is 11.4 Å². The van der Waals surface area contributed by atoms with Gasteiger partial charge in [-0.05, 0) is 25.0 Å². The quantitative estimate of drug-likeness (QED) is 0.798. The molecule has 1 aromatic carbocycles. The van der Waals surface area contributed by atoms with Crippen molar-refractivity contribution in [1.82, 2.24) is 0 Å². The standard InChI is InChI=1S/C13H18FNO2/c1-3-6-9(4-2)15-11-8-5-7-10(14)12(11)13(16)17/h5,7-9,15H,3-4,6H2,1-2H3,(H,16,17). The first-order valence-corrected chi connectivity index (χ1v) is 5.88. The molecule has 0 spiro atoms. The summed E-state index contributed by atoms with van der Waals surface area (Å²) in [6.45, 7) is 4.08. The van der Waals surface area contributed by atoms with Gasteiger partial charge < -0.3 is 10.4 Å². The highest BCUT2D eigenvalue weighted by Gasteiger charge is 2.17. The minimum absolute atomic E-state index is 0.180. The molecular weight excluding hydrogens is 221 g/mol. The number of aromatic carboxylic acids is 1. The summed E-state index contributed by atoms with van der Waals surface area (Å²) in [5.41, 5.74) is 0.0832. The molecule has 0 aromatic heterocycles. The molecule has 0 aliphatic heterocycles. The zero-order chi connectivity index (χ0) is 12.8. The Morgan fingerprint density at radius 3 is 2.71 bits per heavy atom. The third kappa shape index (κ3) is 3.44. The molecular formula is C13H18FNO2. The van der Waals surface area contributed by atoms with Gasteiger partial charge in [-0.3, -0.25) is 0 Å². The molecule has 0 fully saturated rings. The fraction of sp³-hybridized carbons (Fsp3) is 0.462. The highest BCUT2D eigenvalue weighted by molar-refractivity contribution is 5.94. The predicted molar refractivity (Wildman–Crippen MR) is 66.0 cm³/mol. The Balaban J connectivity index is 2.97. The van der Waals surface area contributed by atoms with Crippen LogP contribution in [0, 0.1) is 5.82 Å². The van der Waals surface area contributed by atoms with E-state index in [9.17, 15) is 9.18 Å². The van der Waals surface area contributed by atoms with Crippen LogP contribution in [0.4, 0.5) is 10.1 Å². The first-order chi connectivity index (χ1) is 8.10. The lowest BCUT2D eigenvalue weighted by molar-refractivity contribution is 0.0693. The van der Waals surface area contributed by atoms with Crippen LogP contribution in [-0.2, 0) is 0 Å². The number of hydrogen-bond donors (Lipinski definition) is 2. The fourth-order valence-corrected chi connectivity index (χ4v) is 1.81. The number of carboxylic acids is 1. The summed E-state index contributed by atoms with van der Waals surface area (Å²) in [4.78, 5) is 11.0. The van der Waals surface area contributed by atoms with Crippen molar-refractivity contribution in [2.75, 3.05) is 5.32 Å². The van der Waals surface area contributed by atoms with Gasteiger partial charge in [0.2, 0.25) is 0 Å². The smallest absolute Gasteiger partial charge is 0.340 e. The summed E-state index contributed by atoms with van der Waals surface area (Å²) >= 11 is 0. The van der Waals surface area contributed by atoms with E-state index in [-0.39, 0.29) is 11.6 Å². The molecule has 0 heterocycles.